The van der Waals surface area contributed by atoms with Crippen molar-refractivity contribution < 1.29 is 4.43 Å². The van der Waals surface area contributed by atoms with Crippen LogP contribution in [0.15, 0.2) is 11.6 Å². The first kappa shape index (κ1) is 12.9. The third-order valence-corrected chi connectivity index (χ3v) is 8.57. The Balaban J connectivity index is 2.70. The second-order valence-electron chi connectivity index (χ2n) is 5.39. The van der Waals surface area contributed by atoms with Crippen LogP contribution in [-0.4, -0.2) is 13.3 Å². The molecule has 0 amide bonds. The summed E-state index contributed by atoms with van der Waals surface area (Å²) in [5, 5.41) is 3.35. The fourth-order valence-corrected chi connectivity index (χ4v) is 3.16. The topological polar surface area (TPSA) is 22.1 Å². The molecule has 15 heavy (non-hydrogen) atoms. The van der Waals surface area contributed by atoms with Gasteiger partial charge >= 0.3 is 0 Å². The normalized spacial score (nSPS) is 15.3. The summed E-state index contributed by atoms with van der Waals surface area (Å²) in [7, 11) is -1.66. The average molecular weight is 243 g/mol. The third-order valence-electron chi connectivity index (χ3n) is 3.08. The Morgan fingerprint density at radius 3 is 2.40 bits per heavy atom. The van der Waals surface area contributed by atoms with Crippen LogP contribution in [0.5, 0.6) is 0 Å². The van der Waals surface area contributed by atoms with Gasteiger partial charge in [0.15, 0.2) is 8.32 Å². The quantitative estimate of drug-likeness (QED) is 0.741. The number of nitrogens with zero attached hydrogens (tertiary/aromatic N) is 1. The Kier molecular flexibility index (Phi) is 3.74. The second kappa shape index (κ2) is 4.35. The van der Waals surface area contributed by atoms with Crippen molar-refractivity contribution in [2.24, 2.45) is 0 Å². The van der Waals surface area contributed by atoms with E-state index in [1.165, 1.54) is 0 Å². The molecule has 86 valence electrons. The van der Waals surface area contributed by atoms with E-state index in [1.807, 2.05) is 11.6 Å². The van der Waals surface area contributed by atoms with E-state index in [4.69, 9.17) is 4.43 Å². The predicted octanol–water partition coefficient (Wildman–Crippen LogP) is 4.23. The van der Waals surface area contributed by atoms with Crippen molar-refractivity contribution in [1.29, 1.82) is 0 Å². The van der Waals surface area contributed by atoms with Crippen LogP contribution in [0.4, 0.5) is 0 Å². The summed E-state index contributed by atoms with van der Waals surface area (Å²) in [5.74, 6) is 0. The molecule has 0 saturated heterocycles. The van der Waals surface area contributed by atoms with E-state index in [0.717, 1.165) is 5.01 Å². The molecule has 0 bridgehead atoms. The highest BCUT2D eigenvalue weighted by Gasteiger charge is 2.38. The van der Waals surface area contributed by atoms with Crippen LogP contribution in [0.25, 0.3) is 0 Å². The summed E-state index contributed by atoms with van der Waals surface area (Å²) in [6, 6.07) is 0. The van der Waals surface area contributed by atoms with Crippen LogP contribution in [0.2, 0.25) is 18.1 Å². The van der Waals surface area contributed by atoms with Gasteiger partial charge in [0, 0.05) is 11.6 Å². The fraction of sp³-hybridized carbons (Fsp3) is 0.727. The summed E-state index contributed by atoms with van der Waals surface area (Å²) in [5.41, 5.74) is 0. The van der Waals surface area contributed by atoms with E-state index in [9.17, 15) is 0 Å². The highest BCUT2D eigenvalue weighted by atomic mass is 32.1. The van der Waals surface area contributed by atoms with Crippen molar-refractivity contribution in [3.05, 3.63) is 16.6 Å². The van der Waals surface area contributed by atoms with Crippen LogP contribution in [-0.2, 0) is 4.43 Å². The number of aromatic nitrogens is 1. The first-order valence-electron chi connectivity index (χ1n) is 5.31. The van der Waals surface area contributed by atoms with Gasteiger partial charge in [0.1, 0.15) is 5.01 Å². The summed E-state index contributed by atoms with van der Waals surface area (Å²) in [6.45, 7) is 13.4. The van der Waals surface area contributed by atoms with Crippen LogP contribution < -0.4 is 0 Å². The van der Waals surface area contributed by atoms with E-state index in [1.54, 1.807) is 11.3 Å². The Hall–Kier alpha value is -0.193. The lowest BCUT2D eigenvalue weighted by molar-refractivity contribution is 0.202. The molecule has 0 spiro atoms. The maximum Gasteiger partial charge on any atom is 0.193 e. The van der Waals surface area contributed by atoms with Crippen molar-refractivity contribution in [2.75, 3.05) is 0 Å². The SMILES string of the molecule is CC(O[Si](C)(C)C(C)(C)C)c1nccs1. The number of hydrogen-bond acceptors (Lipinski definition) is 3. The van der Waals surface area contributed by atoms with Crippen molar-refractivity contribution in [3.8, 4) is 0 Å². The van der Waals surface area contributed by atoms with Crippen molar-refractivity contribution >= 4 is 19.7 Å². The molecule has 0 saturated carbocycles. The Bertz CT molecular complexity index is 303. The minimum absolute atomic E-state index is 0.130. The van der Waals surface area contributed by atoms with E-state index < -0.39 is 8.32 Å². The molecule has 4 heteroatoms. The third kappa shape index (κ3) is 3.13. The number of hydrogen-bond donors (Lipinski definition) is 0. The van der Waals surface area contributed by atoms with E-state index in [-0.39, 0.29) is 11.1 Å². The molecular weight excluding hydrogens is 222 g/mol. The molecule has 0 aliphatic carbocycles. The molecule has 2 nitrogen and oxygen atoms in total. The zero-order valence-electron chi connectivity index (χ0n) is 10.5. The zero-order chi connectivity index (χ0) is 11.7. The molecule has 0 aliphatic rings. The molecule has 1 aromatic heterocycles. The first-order valence-corrected chi connectivity index (χ1v) is 9.10. The lowest BCUT2D eigenvalue weighted by Gasteiger charge is -2.38. The number of thiazole rings is 1. The van der Waals surface area contributed by atoms with Gasteiger partial charge in [-0.05, 0) is 25.1 Å². The molecule has 1 heterocycles. The standard InChI is InChI=1S/C11H21NOSSi/c1-9(10-12-7-8-14-10)13-15(5,6)11(2,3)4/h7-9H,1-6H3. The molecule has 0 N–H and O–H groups in total. The zero-order valence-corrected chi connectivity index (χ0v) is 12.3. The summed E-state index contributed by atoms with van der Waals surface area (Å²) in [4.78, 5) is 4.30. The van der Waals surface area contributed by atoms with Crippen LogP contribution in [0, 0.1) is 0 Å². The summed E-state index contributed by atoms with van der Waals surface area (Å²) >= 11 is 1.67. The van der Waals surface area contributed by atoms with Crippen LogP contribution in [0.1, 0.15) is 38.8 Å². The molecule has 0 radical (unpaired) electrons. The van der Waals surface area contributed by atoms with Gasteiger partial charge in [0.05, 0.1) is 6.10 Å². The Morgan fingerprint density at radius 1 is 1.40 bits per heavy atom. The molecule has 1 aromatic rings. The van der Waals surface area contributed by atoms with E-state index >= 15 is 0 Å². The van der Waals surface area contributed by atoms with Crippen molar-refractivity contribution in [1.82, 2.24) is 4.98 Å². The minimum Gasteiger partial charge on any atom is -0.408 e. The van der Waals surface area contributed by atoms with Gasteiger partial charge in [-0.25, -0.2) is 4.98 Å². The predicted molar refractivity (Wildman–Crippen MR) is 68.8 cm³/mol. The van der Waals surface area contributed by atoms with Gasteiger partial charge in [-0.1, -0.05) is 20.8 Å². The lowest BCUT2D eigenvalue weighted by Crippen LogP contribution is -2.41. The van der Waals surface area contributed by atoms with Crippen LogP contribution in [0.3, 0.4) is 0 Å². The molecule has 1 rings (SSSR count). The highest BCUT2D eigenvalue weighted by molar-refractivity contribution is 7.09. The second-order valence-corrected chi connectivity index (χ2v) is 11.1. The van der Waals surface area contributed by atoms with Crippen molar-refractivity contribution in [2.45, 2.75) is 51.9 Å². The highest BCUT2D eigenvalue weighted by Crippen LogP contribution is 2.39. The van der Waals surface area contributed by atoms with E-state index in [0.29, 0.717) is 0 Å². The Labute approximate surface area is 97.8 Å². The fourth-order valence-electron chi connectivity index (χ4n) is 1.10. The van der Waals surface area contributed by atoms with Gasteiger partial charge in [0.25, 0.3) is 0 Å². The largest absolute Gasteiger partial charge is 0.408 e. The monoisotopic (exact) mass is 243 g/mol. The van der Waals surface area contributed by atoms with Gasteiger partial charge in [0.2, 0.25) is 0 Å². The molecule has 1 atom stereocenters. The number of rotatable bonds is 3. The molecule has 0 aromatic carbocycles. The molecule has 1 unspecified atom stereocenters. The summed E-state index contributed by atoms with van der Waals surface area (Å²) in [6.07, 6.45) is 1.97. The molecular formula is C11H21NOSSi. The first-order chi connectivity index (χ1) is 6.74. The molecule has 0 fully saturated rings. The smallest absolute Gasteiger partial charge is 0.193 e. The Morgan fingerprint density at radius 2 is 2.00 bits per heavy atom. The van der Waals surface area contributed by atoms with Gasteiger partial charge < -0.3 is 4.43 Å². The van der Waals surface area contributed by atoms with Gasteiger partial charge in [-0.15, -0.1) is 11.3 Å². The van der Waals surface area contributed by atoms with E-state index in [2.05, 4.69) is 45.8 Å². The molecule has 0 aliphatic heterocycles. The van der Waals surface area contributed by atoms with Gasteiger partial charge in [-0.2, -0.15) is 0 Å². The minimum atomic E-state index is -1.66. The maximum atomic E-state index is 6.23. The van der Waals surface area contributed by atoms with Crippen LogP contribution >= 0.6 is 11.3 Å². The lowest BCUT2D eigenvalue weighted by atomic mass is 10.2. The summed E-state index contributed by atoms with van der Waals surface area (Å²) < 4.78 is 6.23. The van der Waals surface area contributed by atoms with Crippen molar-refractivity contribution in [3.63, 3.8) is 0 Å². The average Bonchev–Trinajstić information content (AvgIpc) is 2.51. The van der Waals surface area contributed by atoms with Gasteiger partial charge in [-0.3, -0.25) is 0 Å². The maximum absolute atomic E-state index is 6.23.